The molecular weight excluding hydrogens is 212 g/mol. The first-order chi connectivity index (χ1) is 8.05. The summed E-state index contributed by atoms with van der Waals surface area (Å²) in [7, 11) is 0. The largest absolute Gasteiger partial charge is 0.343 e. The minimum Gasteiger partial charge on any atom is -0.343 e. The summed E-state index contributed by atoms with van der Waals surface area (Å²) in [6, 6.07) is 2.31. The van der Waals surface area contributed by atoms with E-state index in [1.807, 2.05) is 18.7 Å². The van der Waals surface area contributed by atoms with Gasteiger partial charge in [-0.05, 0) is 39.5 Å². The highest BCUT2D eigenvalue weighted by Gasteiger charge is 2.19. The SMILES string of the molecule is CC(C)(C#N)CCCN1CCCCCCC1=O. The lowest BCUT2D eigenvalue weighted by atomic mass is 9.90. The smallest absolute Gasteiger partial charge is 0.222 e. The number of hydrogen-bond donors (Lipinski definition) is 0. The van der Waals surface area contributed by atoms with E-state index in [4.69, 9.17) is 5.26 Å². The predicted molar refractivity (Wildman–Crippen MR) is 68.3 cm³/mol. The molecule has 0 atom stereocenters. The van der Waals surface area contributed by atoms with Gasteiger partial charge < -0.3 is 4.90 Å². The van der Waals surface area contributed by atoms with Gasteiger partial charge in [-0.3, -0.25) is 4.79 Å². The zero-order valence-corrected chi connectivity index (χ0v) is 11.2. The number of carbonyl (C=O) groups is 1. The van der Waals surface area contributed by atoms with Crippen molar-refractivity contribution in [2.45, 2.75) is 58.8 Å². The summed E-state index contributed by atoms with van der Waals surface area (Å²) in [5.41, 5.74) is -0.258. The average molecular weight is 236 g/mol. The minimum atomic E-state index is -0.258. The Bertz CT molecular complexity index is 291. The second-order valence-corrected chi connectivity index (χ2v) is 5.64. The van der Waals surface area contributed by atoms with Gasteiger partial charge in [0.1, 0.15) is 0 Å². The Kier molecular flexibility index (Phi) is 5.47. The molecule has 0 aromatic rings. The molecule has 1 rings (SSSR count). The second kappa shape index (κ2) is 6.64. The van der Waals surface area contributed by atoms with Crippen molar-refractivity contribution in [3.05, 3.63) is 0 Å². The highest BCUT2D eigenvalue weighted by atomic mass is 16.2. The number of nitriles is 1. The molecular formula is C14H24N2O. The maximum atomic E-state index is 11.9. The molecule has 1 heterocycles. The van der Waals surface area contributed by atoms with E-state index in [1.54, 1.807) is 0 Å². The zero-order valence-electron chi connectivity index (χ0n) is 11.2. The molecule has 0 N–H and O–H groups in total. The van der Waals surface area contributed by atoms with E-state index < -0.39 is 0 Å². The number of likely N-dealkylation sites (tertiary alicyclic amines) is 1. The van der Waals surface area contributed by atoms with E-state index in [9.17, 15) is 4.79 Å². The first-order valence-corrected chi connectivity index (χ1v) is 6.74. The molecule has 3 heteroatoms. The monoisotopic (exact) mass is 236 g/mol. The number of amides is 1. The molecule has 17 heavy (non-hydrogen) atoms. The third-order valence-corrected chi connectivity index (χ3v) is 3.45. The van der Waals surface area contributed by atoms with E-state index >= 15 is 0 Å². The number of rotatable bonds is 4. The number of nitrogens with zero attached hydrogens (tertiary/aromatic N) is 2. The summed E-state index contributed by atoms with van der Waals surface area (Å²) in [5.74, 6) is 0.305. The molecule has 96 valence electrons. The Morgan fingerprint density at radius 2 is 2.00 bits per heavy atom. The van der Waals surface area contributed by atoms with Gasteiger partial charge in [-0.1, -0.05) is 12.8 Å². The van der Waals surface area contributed by atoms with Crippen molar-refractivity contribution >= 4 is 5.91 Å². The van der Waals surface area contributed by atoms with Crippen molar-refractivity contribution in [1.29, 1.82) is 5.26 Å². The Hall–Kier alpha value is -1.04. The predicted octanol–water partition coefficient (Wildman–Crippen LogP) is 3.11. The first kappa shape index (κ1) is 14.0. The number of hydrogen-bond acceptors (Lipinski definition) is 2. The third kappa shape index (κ3) is 5.21. The van der Waals surface area contributed by atoms with Crippen molar-refractivity contribution in [3.8, 4) is 6.07 Å². The Balaban J connectivity index is 2.33. The average Bonchev–Trinajstić information content (AvgIpc) is 2.28. The van der Waals surface area contributed by atoms with Gasteiger partial charge in [-0.25, -0.2) is 0 Å². The van der Waals surface area contributed by atoms with Gasteiger partial charge in [-0.2, -0.15) is 5.26 Å². The second-order valence-electron chi connectivity index (χ2n) is 5.64. The molecule has 1 saturated heterocycles. The summed E-state index contributed by atoms with van der Waals surface area (Å²) < 4.78 is 0. The molecule has 0 saturated carbocycles. The van der Waals surface area contributed by atoms with Crippen LogP contribution in [0, 0.1) is 16.7 Å². The van der Waals surface area contributed by atoms with Crippen molar-refractivity contribution in [1.82, 2.24) is 4.90 Å². The summed E-state index contributed by atoms with van der Waals surface area (Å²) >= 11 is 0. The highest BCUT2D eigenvalue weighted by molar-refractivity contribution is 5.76. The van der Waals surface area contributed by atoms with Gasteiger partial charge in [0.15, 0.2) is 0 Å². The van der Waals surface area contributed by atoms with Gasteiger partial charge in [0.2, 0.25) is 5.91 Å². The van der Waals surface area contributed by atoms with E-state index in [0.717, 1.165) is 38.8 Å². The topological polar surface area (TPSA) is 44.1 Å². The van der Waals surface area contributed by atoms with Crippen LogP contribution in [0.1, 0.15) is 58.8 Å². The summed E-state index contributed by atoms with van der Waals surface area (Å²) in [4.78, 5) is 13.8. The van der Waals surface area contributed by atoms with Gasteiger partial charge in [0.25, 0.3) is 0 Å². The summed E-state index contributed by atoms with van der Waals surface area (Å²) in [6.07, 6.45) is 7.13. The molecule has 0 aromatic heterocycles. The molecule has 1 aliphatic heterocycles. The third-order valence-electron chi connectivity index (χ3n) is 3.45. The fourth-order valence-electron chi connectivity index (χ4n) is 2.22. The molecule has 3 nitrogen and oxygen atoms in total. The van der Waals surface area contributed by atoms with Crippen LogP contribution in [0.2, 0.25) is 0 Å². The van der Waals surface area contributed by atoms with Crippen LogP contribution in [0.5, 0.6) is 0 Å². The van der Waals surface area contributed by atoms with Crippen LogP contribution in [-0.4, -0.2) is 23.9 Å². The van der Waals surface area contributed by atoms with Crippen molar-refractivity contribution < 1.29 is 4.79 Å². The van der Waals surface area contributed by atoms with Crippen molar-refractivity contribution in [3.63, 3.8) is 0 Å². The molecule has 0 aromatic carbocycles. The Labute approximate surface area is 105 Å². The molecule has 0 aliphatic carbocycles. The lowest BCUT2D eigenvalue weighted by molar-refractivity contribution is -0.131. The highest BCUT2D eigenvalue weighted by Crippen LogP contribution is 2.21. The maximum absolute atomic E-state index is 11.9. The van der Waals surface area contributed by atoms with Crippen LogP contribution in [0.3, 0.4) is 0 Å². The molecule has 1 amide bonds. The van der Waals surface area contributed by atoms with Crippen LogP contribution in [0.4, 0.5) is 0 Å². The fraction of sp³-hybridized carbons (Fsp3) is 0.857. The van der Waals surface area contributed by atoms with Crippen LogP contribution in [-0.2, 0) is 4.79 Å². The van der Waals surface area contributed by atoms with Gasteiger partial charge in [0.05, 0.1) is 11.5 Å². The van der Waals surface area contributed by atoms with Crippen LogP contribution in [0.15, 0.2) is 0 Å². The van der Waals surface area contributed by atoms with Gasteiger partial charge >= 0.3 is 0 Å². The van der Waals surface area contributed by atoms with Crippen molar-refractivity contribution in [2.75, 3.05) is 13.1 Å². The quantitative estimate of drug-likeness (QED) is 0.752. The molecule has 0 bridgehead atoms. The summed E-state index contributed by atoms with van der Waals surface area (Å²) in [5, 5.41) is 8.93. The van der Waals surface area contributed by atoms with E-state index in [0.29, 0.717) is 12.3 Å². The van der Waals surface area contributed by atoms with Gasteiger partial charge in [0, 0.05) is 19.5 Å². The zero-order chi connectivity index (χ0) is 12.7. The standard InChI is InChI=1S/C14H24N2O/c1-14(2,12-15)9-7-11-16-10-6-4-3-5-8-13(16)17/h3-11H2,1-2H3. The van der Waals surface area contributed by atoms with Crippen LogP contribution in [0.25, 0.3) is 0 Å². The summed E-state index contributed by atoms with van der Waals surface area (Å²) in [6.45, 7) is 5.65. The number of carbonyl (C=O) groups excluding carboxylic acids is 1. The van der Waals surface area contributed by atoms with E-state index in [-0.39, 0.29) is 5.41 Å². The molecule has 0 unspecified atom stereocenters. The van der Waals surface area contributed by atoms with Crippen LogP contribution < -0.4 is 0 Å². The van der Waals surface area contributed by atoms with Crippen LogP contribution >= 0.6 is 0 Å². The normalized spacial score (nSPS) is 18.4. The van der Waals surface area contributed by atoms with E-state index in [2.05, 4.69) is 6.07 Å². The Morgan fingerprint density at radius 1 is 1.29 bits per heavy atom. The first-order valence-electron chi connectivity index (χ1n) is 6.74. The Morgan fingerprint density at radius 3 is 2.71 bits per heavy atom. The lowest BCUT2D eigenvalue weighted by Crippen LogP contribution is -2.34. The minimum absolute atomic E-state index is 0.258. The maximum Gasteiger partial charge on any atom is 0.222 e. The van der Waals surface area contributed by atoms with Crippen molar-refractivity contribution in [2.24, 2.45) is 5.41 Å². The molecule has 1 aliphatic rings. The molecule has 0 radical (unpaired) electrons. The fourth-order valence-corrected chi connectivity index (χ4v) is 2.22. The van der Waals surface area contributed by atoms with E-state index in [1.165, 1.54) is 12.8 Å². The van der Waals surface area contributed by atoms with Gasteiger partial charge in [-0.15, -0.1) is 0 Å². The molecule has 1 fully saturated rings. The molecule has 0 spiro atoms. The lowest BCUT2D eigenvalue weighted by Gasteiger charge is -2.26.